The molecule has 1 aliphatic carbocycles. The molecule has 59 heavy (non-hydrogen) atoms. The van der Waals surface area contributed by atoms with E-state index < -0.39 is 34.7 Å². The molecule has 2 atom stereocenters. The quantitative estimate of drug-likeness (QED) is 0.173. The zero-order chi connectivity index (χ0) is 42.0. The van der Waals surface area contributed by atoms with E-state index in [2.05, 4.69) is 25.5 Å². The highest BCUT2D eigenvalue weighted by Gasteiger charge is 2.47. The van der Waals surface area contributed by atoms with Gasteiger partial charge in [-0.05, 0) is 43.4 Å². The van der Waals surface area contributed by atoms with Gasteiger partial charge in [0.1, 0.15) is 11.2 Å². The molecule has 3 aromatic heterocycles. The summed E-state index contributed by atoms with van der Waals surface area (Å²) >= 11 is 14.1. The molecule has 0 bridgehead atoms. The van der Waals surface area contributed by atoms with Gasteiger partial charge in [0.2, 0.25) is 11.7 Å². The number of likely N-dealkylation sites (tertiary alicyclic amines) is 1. The van der Waals surface area contributed by atoms with E-state index in [4.69, 9.17) is 37.7 Å². The molecule has 310 valence electrons. The Morgan fingerprint density at radius 1 is 0.949 bits per heavy atom. The number of hydrogen-bond acceptors (Lipinski definition) is 10. The molecule has 5 aromatic rings. The van der Waals surface area contributed by atoms with Crippen molar-refractivity contribution >= 4 is 51.8 Å². The van der Waals surface area contributed by atoms with Crippen LogP contribution in [0, 0.1) is 0 Å². The number of nitrogens with one attached hydrogen (secondary N) is 2. The van der Waals surface area contributed by atoms with Crippen LogP contribution in [0.3, 0.4) is 0 Å². The van der Waals surface area contributed by atoms with Crippen LogP contribution in [0.25, 0.3) is 33.4 Å². The molecule has 2 aromatic carbocycles. The average Bonchev–Trinajstić information content (AvgIpc) is 3.83. The fourth-order valence-corrected chi connectivity index (χ4v) is 9.13. The Labute approximate surface area is 345 Å². The molecule has 14 nitrogen and oxygen atoms in total. The number of aryl methyl sites for hydroxylation is 2. The van der Waals surface area contributed by atoms with Crippen molar-refractivity contribution in [3.05, 3.63) is 90.3 Å². The molecule has 19 heteroatoms. The number of aromatic nitrogens is 5. The standard InChI is InChI=1S/C40H40Cl2F3N9O5/c1-51-33-29(35(55)52(2)38(51)57)32(48-36(49-33)40(43,44)45)46-25-10-6-8-23(31(25)42)22-7-5-9-24(30(22)41)26-19-21-11-12-27(28(21)34(47-26)59-4)54-16-14-39(20-54)13-15-53(17-18-58-3)37(56)50-39/h5-10,19,27H,11-18,20H2,1-4H3,(H,50,56)(H,46,48,49)/t27-,39-/m1/s1. The second-order valence-electron chi connectivity index (χ2n) is 15.1. The molecule has 5 heterocycles. The van der Waals surface area contributed by atoms with E-state index >= 15 is 0 Å². The first-order valence-electron chi connectivity index (χ1n) is 18.9. The Morgan fingerprint density at radius 3 is 2.37 bits per heavy atom. The lowest BCUT2D eigenvalue weighted by Crippen LogP contribution is -2.61. The Morgan fingerprint density at radius 2 is 1.66 bits per heavy atom. The smallest absolute Gasteiger partial charge is 0.451 e. The monoisotopic (exact) mass is 853 g/mol. The Hall–Kier alpha value is -5.23. The van der Waals surface area contributed by atoms with Gasteiger partial charge in [-0.15, -0.1) is 0 Å². The van der Waals surface area contributed by atoms with Gasteiger partial charge < -0.3 is 25.0 Å². The number of methoxy groups -OCH3 is 2. The molecule has 1 spiro atoms. The van der Waals surface area contributed by atoms with Gasteiger partial charge in [-0.1, -0.05) is 53.5 Å². The van der Waals surface area contributed by atoms with Crippen molar-refractivity contribution in [2.75, 3.05) is 52.3 Å². The van der Waals surface area contributed by atoms with Crippen LogP contribution in [0.2, 0.25) is 10.0 Å². The molecule has 3 aliphatic rings. The number of carbonyl (C=O) groups excluding carboxylic acids is 1. The first-order valence-corrected chi connectivity index (χ1v) is 19.7. The van der Waals surface area contributed by atoms with Crippen LogP contribution in [0.5, 0.6) is 5.88 Å². The number of alkyl halides is 3. The fraction of sp³-hybridized carbons (Fsp3) is 0.400. The lowest BCUT2D eigenvalue weighted by atomic mass is 9.92. The SMILES string of the molecule is COCCN1CC[C@]2(CCN([C@@H]3CCc4cc(-c5cccc(-c6cccc(Nc7nc(C(F)(F)F)nc8c7c(=O)n(C)c(=O)n8C)c6Cl)c5Cl)nc(OC)c43)C2)NC1=O. The molecule has 2 fully saturated rings. The summed E-state index contributed by atoms with van der Waals surface area (Å²) in [7, 11) is 5.64. The maximum Gasteiger partial charge on any atom is 0.451 e. The minimum atomic E-state index is -4.99. The number of benzene rings is 2. The number of halogens is 5. The molecular weight excluding hydrogens is 814 g/mol. The van der Waals surface area contributed by atoms with Crippen LogP contribution in [-0.4, -0.2) is 92.5 Å². The molecule has 0 unspecified atom stereocenters. The summed E-state index contributed by atoms with van der Waals surface area (Å²) in [6.07, 6.45) is -1.65. The third kappa shape index (κ3) is 7.17. The van der Waals surface area contributed by atoms with Gasteiger partial charge >= 0.3 is 17.9 Å². The minimum absolute atomic E-state index is 0.0597. The topological polar surface area (TPSA) is 149 Å². The summed E-state index contributed by atoms with van der Waals surface area (Å²) in [4.78, 5) is 55.2. The molecule has 0 saturated carbocycles. The zero-order valence-corrected chi connectivity index (χ0v) is 34.1. The number of pyridine rings is 1. The Bertz CT molecular complexity index is 2640. The van der Waals surface area contributed by atoms with Crippen molar-refractivity contribution in [1.82, 2.24) is 39.2 Å². The summed E-state index contributed by atoms with van der Waals surface area (Å²) in [5.41, 5.74) is 1.82. The second kappa shape index (κ2) is 15.4. The minimum Gasteiger partial charge on any atom is -0.481 e. The lowest BCUT2D eigenvalue weighted by molar-refractivity contribution is -0.144. The number of fused-ring (bicyclic) bond motifs is 2. The Balaban J connectivity index is 1.10. The number of carbonyl (C=O) groups is 1. The predicted octanol–water partition coefficient (Wildman–Crippen LogP) is 6.33. The summed E-state index contributed by atoms with van der Waals surface area (Å²) in [6, 6.07) is 12.3. The molecule has 0 radical (unpaired) electrons. The normalized spacial score (nSPS) is 19.4. The van der Waals surface area contributed by atoms with E-state index in [0.29, 0.717) is 53.0 Å². The van der Waals surface area contributed by atoms with Crippen LogP contribution in [-0.2, 0) is 31.4 Å². The van der Waals surface area contributed by atoms with Crippen molar-refractivity contribution in [1.29, 1.82) is 0 Å². The highest BCUT2D eigenvalue weighted by molar-refractivity contribution is 6.39. The number of urea groups is 1. The summed E-state index contributed by atoms with van der Waals surface area (Å²) in [5.74, 6) is -1.54. The predicted molar refractivity (Wildman–Crippen MR) is 217 cm³/mol. The molecule has 2 aliphatic heterocycles. The summed E-state index contributed by atoms with van der Waals surface area (Å²) in [6.45, 7) is 3.27. The maximum atomic E-state index is 14.0. The highest BCUT2D eigenvalue weighted by Crippen LogP contribution is 2.47. The first-order chi connectivity index (χ1) is 28.1. The van der Waals surface area contributed by atoms with Crippen molar-refractivity contribution in [3.63, 3.8) is 0 Å². The zero-order valence-electron chi connectivity index (χ0n) is 32.5. The van der Waals surface area contributed by atoms with Crippen LogP contribution in [0.1, 0.15) is 42.3 Å². The number of anilines is 2. The van der Waals surface area contributed by atoms with Crippen LogP contribution in [0.15, 0.2) is 52.1 Å². The van der Waals surface area contributed by atoms with Gasteiger partial charge in [0.15, 0.2) is 5.65 Å². The van der Waals surface area contributed by atoms with E-state index in [1.807, 2.05) is 12.1 Å². The third-order valence-electron chi connectivity index (χ3n) is 11.6. The molecule has 2 amide bonds. The van der Waals surface area contributed by atoms with Crippen molar-refractivity contribution < 1.29 is 27.4 Å². The molecule has 2 N–H and O–H groups in total. The summed E-state index contributed by atoms with van der Waals surface area (Å²) < 4.78 is 54.6. The van der Waals surface area contributed by atoms with E-state index in [-0.39, 0.29) is 33.7 Å². The Kier molecular flexibility index (Phi) is 10.6. The van der Waals surface area contributed by atoms with Gasteiger partial charge in [-0.25, -0.2) is 24.5 Å². The molecule has 2 saturated heterocycles. The summed E-state index contributed by atoms with van der Waals surface area (Å²) in [5, 5.41) is 6.17. The third-order valence-corrected chi connectivity index (χ3v) is 12.4. The van der Waals surface area contributed by atoms with E-state index in [0.717, 1.165) is 59.0 Å². The number of nitrogens with zero attached hydrogens (tertiary/aromatic N) is 7. The van der Waals surface area contributed by atoms with Crippen molar-refractivity contribution in [2.45, 2.75) is 43.4 Å². The van der Waals surface area contributed by atoms with E-state index in [1.165, 1.54) is 20.2 Å². The van der Waals surface area contributed by atoms with E-state index in [9.17, 15) is 27.6 Å². The van der Waals surface area contributed by atoms with Gasteiger partial charge in [-0.3, -0.25) is 18.8 Å². The van der Waals surface area contributed by atoms with Gasteiger partial charge in [0.25, 0.3) is 5.56 Å². The lowest BCUT2D eigenvalue weighted by Gasteiger charge is -2.40. The number of rotatable bonds is 9. The van der Waals surface area contributed by atoms with Gasteiger partial charge in [0.05, 0.1) is 40.7 Å². The van der Waals surface area contributed by atoms with Crippen molar-refractivity contribution in [2.24, 2.45) is 14.1 Å². The largest absolute Gasteiger partial charge is 0.481 e. The van der Waals surface area contributed by atoms with Crippen molar-refractivity contribution in [3.8, 4) is 28.3 Å². The first kappa shape index (κ1) is 40.5. The molecular formula is C40H40Cl2F3N9O5. The maximum absolute atomic E-state index is 14.0. The number of amides is 2. The highest BCUT2D eigenvalue weighted by atomic mass is 35.5. The van der Waals surface area contributed by atoms with Gasteiger partial charge in [-0.2, -0.15) is 13.2 Å². The molecule has 8 rings (SSSR count). The van der Waals surface area contributed by atoms with Gasteiger partial charge in [0, 0.05) is 75.7 Å². The van der Waals surface area contributed by atoms with E-state index in [1.54, 1.807) is 43.4 Å². The van der Waals surface area contributed by atoms with Crippen LogP contribution in [0.4, 0.5) is 29.5 Å². The van der Waals surface area contributed by atoms with Crippen LogP contribution < -0.4 is 26.6 Å². The number of hydrogen-bond donors (Lipinski definition) is 2. The van der Waals surface area contributed by atoms with Crippen LogP contribution >= 0.6 is 23.2 Å². The average molecular weight is 855 g/mol. The number of ether oxygens (including phenoxy) is 2. The second-order valence-corrected chi connectivity index (χ2v) is 15.8. The fourth-order valence-electron chi connectivity index (χ4n) is 8.53.